The van der Waals surface area contributed by atoms with Crippen molar-refractivity contribution in [3.8, 4) is 16.9 Å². The van der Waals surface area contributed by atoms with Crippen molar-refractivity contribution in [2.24, 2.45) is 16.6 Å². The Kier molecular flexibility index (Phi) is 5.22. The van der Waals surface area contributed by atoms with Crippen molar-refractivity contribution in [1.29, 1.82) is 0 Å². The van der Waals surface area contributed by atoms with Gasteiger partial charge in [-0.2, -0.15) is 0 Å². The first-order valence-electron chi connectivity index (χ1n) is 9.28. The van der Waals surface area contributed by atoms with E-state index in [0.717, 1.165) is 35.3 Å². The van der Waals surface area contributed by atoms with E-state index in [0.29, 0.717) is 0 Å². The Balaban J connectivity index is 2.10. The van der Waals surface area contributed by atoms with Crippen molar-refractivity contribution >= 4 is 11.9 Å². The van der Waals surface area contributed by atoms with Crippen molar-refractivity contribution in [3.05, 3.63) is 54.1 Å². The number of hydrogen-bond donors (Lipinski definition) is 1. The molecule has 1 aliphatic rings. The summed E-state index contributed by atoms with van der Waals surface area (Å²) in [4.78, 5) is 19.1. The average Bonchev–Trinajstić information content (AvgIpc) is 2.70. The Morgan fingerprint density at radius 2 is 1.85 bits per heavy atom. The molecule has 0 aliphatic carbocycles. The zero-order valence-corrected chi connectivity index (χ0v) is 16.4. The Labute approximate surface area is 160 Å². The smallest absolute Gasteiger partial charge is 0.234 e. The van der Waals surface area contributed by atoms with E-state index in [1.807, 2.05) is 43.3 Å². The maximum atomic E-state index is 12.9. The second-order valence-electron chi connectivity index (χ2n) is 7.17. The molecule has 2 aromatic carbocycles. The molecule has 0 bridgehead atoms. The lowest BCUT2D eigenvalue weighted by atomic mass is 9.75. The van der Waals surface area contributed by atoms with Gasteiger partial charge >= 0.3 is 0 Å². The summed E-state index contributed by atoms with van der Waals surface area (Å²) in [5.74, 6) is 0.866. The molecule has 0 fully saturated rings. The molecule has 5 heteroatoms. The molecule has 1 heterocycles. The largest absolute Gasteiger partial charge is 0.497 e. The van der Waals surface area contributed by atoms with E-state index in [2.05, 4.69) is 19.1 Å². The third-order valence-electron chi connectivity index (χ3n) is 5.43. The molecule has 0 saturated carbocycles. The summed E-state index contributed by atoms with van der Waals surface area (Å²) in [6.07, 6.45) is 1.67. The van der Waals surface area contributed by atoms with Crippen LogP contribution in [0.4, 0.5) is 0 Å². The summed E-state index contributed by atoms with van der Waals surface area (Å²) in [5, 5.41) is 0. The molecule has 27 heavy (non-hydrogen) atoms. The minimum atomic E-state index is -0.682. The lowest BCUT2D eigenvalue weighted by Gasteiger charge is -2.40. The highest BCUT2D eigenvalue weighted by Gasteiger charge is 2.45. The van der Waals surface area contributed by atoms with E-state index in [9.17, 15) is 4.79 Å². The highest BCUT2D eigenvalue weighted by Crippen LogP contribution is 2.41. The third kappa shape index (κ3) is 3.42. The molecule has 0 saturated heterocycles. The second kappa shape index (κ2) is 7.43. The first kappa shape index (κ1) is 19.0. The summed E-state index contributed by atoms with van der Waals surface area (Å²) in [7, 11) is 3.35. The summed E-state index contributed by atoms with van der Waals surface area (Å²) in [5.41, 5.74) is 8.49. The standard InChI is InChI=1S/C22H27N3O2/c1-5-8-19-20(26)25(3)21(23)24-22(19,2)17-11-6-9-15(13-17)16-10-7-12-18(14-16)27-4/h6-7,9-14,19H,5,8H2,1-4H3,(H2,23,24)/t19-,22+/m0/s1. The number of nitrogens with zero attached hydrogens (tertiary/aromatic N) is 2. The van der Waals surface area contributed by atoms with Crippen LogP contribution in [-0.2, 0) is 10.3 Å². The molecule has 0 spiro atoms. The van der Waals surface area contributed by atoms with Crippen LogP contribution in [0.3, 0.4) is 0 Å². The molecule has 1 aliphatic heterocycles. The van der Waals surface area contributed by atoms with Crippen LogP contribution in [0.1, 0.15) is 32.3 Å². The molecular formula is C22H27N3O2. The van der Waals surface area contributed by atoms with Gasteiger partial charge in [-0.3, -0.25) is 9.69 Å². The first-order chi connectivity index (χ1) is 12.9. The van der Waals surface area contributed by atoms with Gasteiger partial charge in [-0.1, -0.05) is 43.7 Å². The van der Waals surface area contributed by atoms with Gasteiger partial charge in [-0.05, 0) is 48.2 Å². The minimum Gasteiger partial charge on any atom is -0.497 e. The Morgan fingerprint density at radius 1 is 1.19 bits per heavy atom. The molecular weight excluding hydrogens is 338 g/mol. The van der Waals surface area contributed by atoms with Crippen LogP contribution >= 0.6 is 0 Å². The topological polar surface area (TPSA) is 67.9 Å². The lowest BCUT2D eigenvalue weighted by molar-refractivity contribution is -0.134. The van der Waals surface area contributed by atoms with Crippen LogP contribution < -0.4 is 10.5 Å². The van der Waals surface area contributed by atoms with Gasteiger partial charge in [-0.25, -0.2) is 4.99 Å². The molecule has 0 unspecified atom stereocenters. The van der Waals surface area contributed by atoms with E-state index in [4.69, 9.17) is 15.5 Å². The number of carbonyl (C=O) groups excluding carboxylic acids is 1. The molecule has 0 aromatic heterocycles. The first-order valence-corrected chi connectivity index (χ1v) is 9.28. The quantitative estimate of drug-likeness (QED) is 0.877. The Hall–Kier alpha value is -2.82. The van der Waals surface area contributed by atoms with E-state index >= 15 is 0 Å². The highest BCUT2D eigenvalue weighted by atomic mass is 16.5. The Bertz CT molecular complexity index is 877. The van der Waals surface area contributed by atoms with Crippen molar-refractivity contribution in [1.82, 2.24) is 4.90 Å². The molecule has 1 amide bonds. The number of hydrogen-bond acceptors (Lipinski definition) is 4. The van der Waals surface area contributed by atoms with Gasteiger partial charge in [0.05, 0.1) is 18.6 Å². The van der Waals surface area contributed by atoms with Gasteiger partial charge in [0.1, 0.15) is 5.75 Å². The number of nitrogens with two attached hydrogens (primary N) is 1. The minimum absolute atomic E-state index is 0.0265. The van der Waals surface area contributed by atoms with Crippen LogP contribution in [0.25, 0.3) is 11.1 Å². The fraction of sp³-hybridized carbons (Fsp3) is 0.364. The maximum Gasteiger partial charge on any atom is 0.234 e. The van der Waals surface area contributed by atoms with E-state index in [1.165, 1.54) is 4.90 Å². The number of rotatable bonds is 5. The van der Waals surface area contributed by atoms with Crippen LogP contribution in [0.2, 0.25) is 0 Å². The number of ether oxygens (including phenoxy) is 1. The number of methoxy groups -OCH3 is 1. The molecule has 3 rings (SSSR count). The molecule has 2 atom stereocenters. The number of carbonyl (C=O) groups is 1. The van der Waals surface area contributed by atoms with E-state index in [1.54, 1.807) is 14.2 Å². The zero-order valence-electron chi connectivity index (χ0n) is 16.4. The molecule has 5 nitrogen and oxygen atoms in total. The predicted octanol–water partition coefficient (Wildman–Crippen LogP) is 3.78. The Morgan fingerprint density at radius 3 is 2.52 bits per heavy atom. The van der Waals surface area contributed by atoms with Crippen molar-refractivity contribution in [2.75, 3.05) is 14.2 Å². The maximum absolute atomic E-state index is 12.9. The molecule has 0 radical (unpaired) electrons. The van der Waals surface area contributed by atoms with Gasteiger partial charge in [0, 0.05) is 7.05 Å². The van der Waals surface area contributed by atoms with Gasteiger partial charge in [0.25, 0.3) is 0 Å². The number of guanidine groups is 1. The molecule has 142 valence electrons. The van der Waals surface area contributed by atoms with Crippen molar-refractivity contribution in [2.45, 2.75) is 32.2 Å². The fourth-order valence-corrected chi connectivity index (χ4v) is 3.75. The average molecular weight is 365 g/mol. The number of benzene rings is 2. The van der Waals surface area contributed by atoms with Crippen LogP contribution in [0, 0.1) is 5.92 Å². The van der Waals surface area contributed by atoms with Crippen LogP contribution in [0.5, 0.6) is 5.75 Å². The van der Waals surface area contributed by atoms with Gasteiger partial charge < -0.3 is 10.5 Å². The van der Waals surface area contributed by atoms with Crippen molar-refractivity contribution < 1.29 is 9.53 Å². The third-order valence-corrected chi connectivity index (χ3v) is 5.43. The monoisotopic (exact) mass is 365 g/mol. The van der Waals surface area contributed by atoms with Gasteiger partial charge in [0.2, 0.25) is 5.91 Å². The van der Waals surface area contributed by atoms with E-state index in [-0.39, 0.29) is 17.8 Å². The van der Waals surface area contributed by atoms with Crippen molar-refractivity contribution in [3.63, 3.8) is 0 Å². The van der Waals surface area contributed by atoms with E-state index < -0.39 is 5.54 Å². The fourth-order valence-electron chi connectivity index (χ4n) is 3.75. The molecule has 2 N–H and O–H groups in total. The highest BCUT2D eigenvalue weighted by molar-refractivity contribution is 6.00. The zero-order chi connectivity index (χ0) is 19.6. The number of aliphatic imine (C=N–C) groups is 1. The van der Waals surface area contributed by atoms with Gasteiger partial charge in [-0.15, -0.1) is 0 Å². The van der Waals surface area contributed by atoms with Crippen LogP contribution in [0.15, 0.2) is 53.5 Å². The number of amides is 1. The summed E-state index contributed by atoms with van der Waals surface area (Å²) < 4.78 is 5.34. The normalized spacial score (nSPS) is 22.5. The summed E-state index contributed by atoms with van der Waals surface area (Å²) in [6, 6.07) is 16.1. The SMILES string of the molecule is CCC[C@H]1C(=O)N(C)C(N)=N[C@]1(C)c1cccc(-c2cccc(OC)c2)c1. The molecule has 2 aromatic rings. The second-order valence-corrected chi connectivity index (χ2v) is 7.17. The summed E-state index contributed by atoms with van der Waals surface area (Å²) >= 11 is 0. The van der Waals surface area contributed by atoms with Crippen LogP contribution in [-0.4, -0.2) is 30.9 Å². The van der Waals surface area contributed by atoms with Gasteiger partial charge in [0.15, 0.2) is 5.96 Å². The summed E-state index contributed by atoms with van der Waals surface area (Å²) in [6.45, 7) is 4.10. The lowest BCUT2D eigenvalue weighted by Crippen LogP contribution is -2.53. The predicted molar refractivity (Wildman–Crippen MR) is 109 cm³/mol.